The standard InChI is InChI=1S/C18H17F3N4O6S/c1-12-2-4-14(24(26)27)11-17(12)32(30,31)23-8-6-22(7-9-23)15-5-3-13(18(19,20)21)10-16(15)25(28)29/h2-5,10-11H,6-9H2,1H3. The van der Waals surface area contributed by atoms with Crippen LogP contribution in [-0.4, -0.2) is 48.7 Å². The summed E-state index contributed by atoms with van der Waals surface area (Å²) >= 11 is 0. The van der Waals surface area contributed by atoms with Gasteiger partial charge in [0.25, 0.3) is 11.4 Å². The molecule has 0 spiro atoms. The summed E-state index contributed by atoms with van der Waals surface area (Å²) in [4.78, 5) is 21.9. The summed E-state index contributed by atoms with van der Waals surface area (Å²) in [5.74, 6) is 0. The van der Waals surface area contributed by atoms with E-state index in [1.54, 1.807) is 0 Å². The molecule has 0 radical (unpaired) electrons. The van der Waals surface area contributed by atoms with Crippen LogP contribution in [0.5, 0.6) is 0 Å². The first-order valence-corrected chi connectivity index (χ1v) is 10.6. The van der Waals surface area contributed by atoms with E-state index in [0.29, 0.717) is 11.6 Å². The maximum atomic E-state index is 13.0. The van der Waals surface area contributed by atoms with Crippen molar-refractivity contribution in [2.75, 3.05) is 31.1 Å². The molecule has 1 saturated heterocycles. The first-order chi connectivity index (χ1) is 14.8. The van der Waals surface area contributed by atoms with Crippen LogP contribution in [0.1, 0.15) is 11.1 Å². The summed E-state index contributed by atoms with van der Waals surface area (Å²) in [6.45, 7) is 1.25. The molecule has 1 aliphatic rings. The molecule has 32 heavy (non-hydrogen) atoms. The van der Waals surface area contributed by atoms with Crippen LogP contribution in [0, 0.1) is 27.2 Å². The van der Waals surface area contributed by atoms with Gasteiger partial charge in [-0.3, -0.25) is 20.2 Å². The number of nitro groups is 2. The van der Waals surface area contributed by atoms with E-state index in [0.717, 1.165) is 22.5 Å². The lowest BCUT2D eigenvalue weighted by Gasteiger charge is -2.35. The molecule has 0 aliphatic carbocycles. The van der Waals surface area contributed by atoms with Crippen molar-refractivity contribution in [3.63, 3.8) is 0 Å². The Hall–Kier alpha value is -3.26. The van der Waals surface area contributed by atoms with E-state index in [1.807, 2.05) is 0 Å². The Morgan fingerprint density at radius 2 is 1.56 bits per heavy atom. The van der Waals surface area contributed by atoms with Crippen molar-refractivity contribution in [3.8, 4) is 0 Å². The Morgan fingerprint density at radius 3 is 2.09 bits per heavy atom. The second-order valence-corrected chi connectivity index (χ2v) is 8.96. The van der Waals surface area contributed by atoms with Crippen LogP contribution in [0.15, 0.2) is 41.3 Å². The molecule has 2 aromatic rings. The van der Waals surface area contributed by atoms with E-state index in [4.69, 9.17) is 0 Å². The molecule has 0 aromatic heterocycles. The fourth-order valence-electron chi connectivity index (χ4n) is 3.40. The molecule has 1 heterocycles. The number of rotatable bonds is 5. The Morgan fingerprint density at radius 1 is 0.938 bits per heavy atom. The van der Waals surface area contributed by atoms with E-state index in [-0.39, 0.29) is 42.4 Å². The van der Waals surface area contributed by atoms with Gasteiger partial charge in [-0.25, -0.2) is 8.42 Å². The zero-order valence-corrected chi connectivity index (χ0v) is 17.4. The van der Waals surface area contributed by atoms with Crippen LogP contribution in [0.25, 0.3) is 0 Å². The van der Waals surface area contributed by atoms with Gasteiger partial charge < -0.3 is 4.90 Å². The zero-order valence-electron chi connectivity index (χ0n) is 16.6. The summed E-state index contributed by atoms with van der Waals surface area (Å²) in [6.07, 6.45) is -4.74. The lowest BCUT2D eigenvalue weighted by Crippen LogP contribution is -2.49. The highest BCUT2D eigenvalue weighted by molar-refractivity contribution is 7.89. The summed E-state index contributed by atoms with van der Waals surface area (Å²) in [6, 6.07) is 5.67. The van der Waals surface area contributed by atoms with Gasteiger partial charge in [0.1, 0.15) is 5.69 Å². The van der Waals surface area contributed by atoms with Crippen LogP contribution in [0.4, 0.5) is 30.2 Å². The van der Waals surface area contributed by atoms with E-state index >= 15 is 0 Å². The number of alkyl halides is 3. The summed E-state index contributed by atoms with van der Waals surface area (Å²) in [5, 5.41) is 22.3. The SMILES string of the molecule is Cc1ccc([N+](=O)[O-])cc1S(=O)(=O)N1CCN(c2ccc(C(F)(F)F)cc2[N+](=O)[O-])CC1. The maximum absolute atomic E-state index is 13.0. The van der Waals surface area contributed by atoms with Gasteiger partial charge in [-0.2, -0.15) is 17.5 Å². The molecule has 10 nitrogen and oxygen atoms in total. The lowest BCUT2D eigenvalue weighted by atomic mass is 10.1. The van der Waals surface area contributed by atoms with Crippen molar-refractivity contribution in [3.05, 3.63) is 67.8 Å². The number of benzene rings is 2. The van der Waals surface area contributed by atoms with Crippen LogP contribution in [-0.2, 0) is 16.2 Å². The number of hydrogen-bond donors (Lipinski definition) is 0. The second-order valence-electron chi connectivity index (χ2n) is 7.06. The largest absolute Gasteiger partial charge is 0.416 e. The van der Waals surface area contributed by atoms with Crippen molar-refractivity contribution in [2.45, 2.75) is 18.0 Å². The predicted octanol–water partition coefficient (Wildman–Crippen LogP) is 3.34. The molecule has 1 aliphatic heterocycles. The number of anilines is 1. The van der Waals surface area contributed by atoms with Crippen molar-refractivity contribution >= 4 is 27.1 Å². The smallest absolute Gasteiger partial charge is 0.363 e. The fourth-order valence-corrected chi connectivity index (χ4v) is 5.07. The fraction of sp³-hybridized carbons (Fsp3) is 0.333. The third kappa shape index (κ3) is 4.50. The molecule has 14 heteroatoms. The van der Waals surface area contributed by atoms with Crippen LogP contribution < -0.4 is 4.90 Å². The summed E-state index contributed by atoms with van der Waals surface area (Å²) in [7, 11) is -4.09. The highest BCUT2D eigenvalue weighted by Gasteiger charge is 2.36. The van der Waals surface area contributed by atoms with Crippen LogP contribution in [0.3, 0.4) is 0 Å². The molecule has 1 fully saturated rings. The van der Waals surface area contributed by atoms with Crippen molar-refractivity contribution < 1.29 is 31.4 Å². The van der Waals surface area contributed by atoms with Gasteiger partial charge in [0, 0.05) is 44.4 Å². The molecule has 0 amide bonds. The number of nitro benzene ring substituents is 2. The van der Waals surface area contributed by atoms with E-state index in [9.17, 15) is 41.8 Å². The molecule has 2 aromatic carbocycles. The van der Waals surface area contributed by atoms with Gasteiger partial charge in [0.15, 0.2) is 0 Å². The number of aryl methyl sites for hydroxylation is 1. The minimum absolute atomic E-state index is 0.0145. The number of sulfonamides is 1. The number of halogens is 3. The van der Waals surface area contributed by atoms with Crippen LogP contribution in [0.2, 0.25) is 0 Å². The quantitative estimate of drug-likeness (QED) is 0.480. The van der Waals surface area contributed by atoms with Gasteiger partial charge in [0.05, 0.1) is 20.3 Å². The van der Waals surface area contributed by atoms with Gasteiger partial charge in [-0.15, -0.1) is 0 Å². The van der Waals surface area contributed by atoms with Crippen LogP contribution >= 0.6 is 0 Å². The van der Waals surface area contributed by atoms with Gasteiger partial charge >= 0.3 is 6.18 Å². The molecule has 0 N–H and O–H groups in total. The Bertz CT molecular complexity index is 1180. The predicted molar refractivity (Wildman–Crippen MR) is 107 cm³/mol. The Balaban J connectivity index is 1.85. The lowest BCUT2D eigenvalue weighted by molar-refractivity contribution is -0.385. The van der Waals surface area contributed by atoms with Gasteiger partial charge in [-0.05, 0) is 24.6 Å². The number of piperazine rings is 1. The number of nitrogens with zero attached hydrogens (tertiary/aromatic N) is 4. The van der Waals surface area contributed by atoms with Gasteiger partial charge in [0.2, 0.25) is 10.0 Å². The highest BCUT2D eigenvalue weighted by atomic mass is 32.2. The molecule has 0 saturated carbocycles. The third-order valence-corrected chi connectivity index (χ3v) is 7.12. The van der Waals surface area contributed by atoms with Crippen molar-refractivity contribution in [1.82, 2.24) is 4.31 Å². The van der Waals surface area contributed by atoms with E-state index < -0.39 is 37.3 Å². The number of non-ortho nitro benzene ring substituents is 1. The first-order valence-electron chi connectivity index (χ1n) is 9.18. The highest BCUT2D eigenvalue weighted by Crippen LogP contribution is 2.37. The molecule has 0 bridgehead atoms. The molecule has 0 unspecified atom stereocenters. The minimum atomic E-state index is -4.74. The topological polar surface area (TPSA) is 127 Å². The third-order valence-electron chi connectivity index (χ3n) is 5.08. The summed E-state index contributed by atoms with van der Waals surface area (Å²) in [5.41, 5.74) is -2.00. The molecule has 172 valence electrons. The van der Waals surface area contributed by atoms with E-state index in [2.05, 4.69) is 0 Å². The monoisotopic (exact) mass is 474 g/mol. The zero-order chi connectivity index (χ0) is 23.8. The Labute approximate surface area is 180 Å². The molecular formula is C18H17F3N4O6S. The number of hydrogen-bond acceptors (Lipinski definition) is 7. The average Bonchev–Trinajstić information content (AvgIpc) is 2.72. The van der Waals surface area contributed by atoms with E-state index in [1.165, 1.54) is 24.0 Å². The molecular weight excluding hydrogens is 457 g/mol. The van der Waals surface area contributed by atoms with Crippen molar-refractivity contribution in [1.29, 1.82) is 0 Å². The summed E-state index contributed by atoms with van der Waals surface area (Å²) < 4.78 is 65.8. The molecule has 3 rings (SSSR count). The first kappa shape index (κ1) is 23.4. The minimum Gasteiger partial charge on any atom is -0.363 e. The van der Waals surface area contributed by atoms with Crippen molar-refractivity contribution in [2.24, 2.45) is 0 Å². The Kier molecular flexibility index (Phi) is 6.11. The second kappa shape index (κ2) is 8.35. The normalized spacial score (nSPS) is 15.6. The maximum Gasteiger partial charge on any atom is 0.416 e. The molecule has 0 atom stereocenters. The van der Waals surface area contributed by atoms with Gasteiger partial charge in [-0.1, -0.05) is 6.07 Å². The average molecular weight is 474 g/mol.